The second-order valence-corrected chi connectivity index (χ2v) is 7.83. The fourth-order valence-corrected chi connectivity index (χ4v) is 3.63. The van der Waals surface area contributed by atoms with Crippen molar-refractivity contribution in [2.45, 2.75) is 37.5 Å². The molecule has 1 amide bonds. The average molecular weight is 436 g/mol. The number of amides is 1. The van der Waals surface area contributed by atoms with Gasteiger partial charge in [-0.05, 0) is 28.7 Å². The minimum atomic E-state index is -0.653. The van der Waals surface area contributed by atoms with Crippen LogP contribution in [0.1, 0.15) is 17.5 Å². The molecule has 2 aromatic carbocycles. The molecule has 0 saturated carbocycles. The molecule has 0 aromatic heterocycles. The Bertz CT molecular complexity index is 939. The monoisotopic (exact) mass is 435 g/mol. The summed E-state index contributed by atoms with van der Waals surface area (Å²) in [6, 6.07) is 17.6. The highest BCUT2D eigenvalue weighted by atomic mass is 16.5. The highest BCUT2D eigenvalue weighted by Crippen LogP contribution is 2.22. The van der Waals surface area contributed by atoms with Gasteiger partial charge in [-0.2, -0.15) is 5.26 Å². The third-order valence-electron chi connectivity index (χ3n) is 5.49. The van der Waals surface area contributed by atoms with Crippen molar-refractivity contribution in [2.75, 3.05) is 26.8 Å². The Morgan fingerprint density at radius 2 is 2.06 bits per heavy atom. The van der Waals surface area contributed by atoms with Crippen molar-refractivity contribution >= 4 is 12.2 Å². The topological polar surface area (TPSA) is 100 Å². The van der Waals surface area contributed by atoms with Crippen LogP contribution in [0.5, 0.6) is 0 Å². The highest BCUT2D eigenvalue weighted by molar-refractivity contribution is 5.81. The summed E-state index contributed by atoms with van der Waals surface area (Å²) in [5.41, 5.74) is 4.22. The lowest BCUT2D eigenvalue weighted by Gasteiger charge is -2.18. The summed E-state index contributed by atoms with van der Waals surface area (Å²) in [6.45, 7) is 1.33. The number of rotatable bonds is 9. The lowest BCUT2D eigenvalue weighted by Crippen LogP contribution is -2.46. The molecule has 32 heavy (non-hydrogen) atoms. The molecule has 7 nitrogen and oxygen atoms in total. The number of nitrogens with one attached hydrogen (secondary N) is 2. The lowest BCUT2D eigenvalue weighted by atomic mass is 9.98. The molecule has 1 unspecified atom stereocenters. The van der Waals surface area contributed by atoms with Crippen LogP contribution in [0.15, 0.2) is 48.5 Å². The summed E-state index contributed by atoms with van der Waals surface area (Å²) in [5.74, 6) is -0.301. The normalized spacial score (nSPS) is 19.4. The molecule has 168 valence electrons. The Kier molecular flexibility index (Phi) is 8.93. The number of aldehydes is 1. The first-order valence-electron chi connectivity index (χ1n) is 10.8. The third kappa shape index (κ3) is 6.72. The van der Waals surface area contributed by atoms with Crippen LogP contribution in [0.3, 0.4) is 0 Å². The minimum absolute atomic E-state index is 0.0937. The van der Waals surface area contributed by atoms with E-state index in [1.54, 1.807) is 7.11 Å². The van der Waals surface area contributed by atoms with Gasteiger partial charge in [-0.15, -0.1) is 0 Å². The Labute approximate surface area is 188 Å². The first-order chi connectivity index (χ1) is 15.6. The second-order valence-electron chi connectivity index (χ2n) is 7.83. The van der Waals surface area contributed by atoms with Gasteiger partial charge in [0.1, 0.15) is 18.4 Å². The summed E-state index contributed by atoms with van der Waals surface area (Å²) in [4.78, 5) is 23.2. The van der Waals surface area contributed by atoms with E-state index in [-0.39, 0.29) is 12.0 Å². The number of ether oxygens (including phenoxy) is 2. The van der Waals surface area contributed by atoms with E-state index in [0.29, 0.717) is 32.5 Å². The van der Waals surface area contributed by atoms with Crippen molar-refractivity contribution in [3.8, 4) is 17.2 Å². The van der Waals surface area contributed by atoms with Crippen molar-refractivity contribution < 1.29 is 19.1 Å². The van der Waals surface area contributed by atoms with Crippen LogP contribution in [0.2, 0.25) is 0 Å². The molecule has 1 fully saturated rings. The van der Waals surface area contributed by atoms with Gasteiger partial charge in [0.15, 0.2) is 0 Å². The van der Waals surface area contributed by atoms with Crippen LogP contribution in [-0.2, 0) is 31.9 Å². The summed E-state index contributed by atoms with van der Waals surface area (Å²) in [6.07, 6.45) is 1.83. The zero-order valence-corrected chi connectivity index (χ0v) is 18.3. The molecule has 3 atom stereocenters. The summed E-state index contributed by atoms with van der Waals surface area (Å²) in [7, 11) is 1.61. The predicted octanol–water partition coefficient (Wildman–Crippen LogP) is 2.04. The van der Waals surface area contributed by atoms with Crippen LogP contribution >= 0.6 is 0 Å². The fourth-order valence-electron chi connectivity index (χ4n) is 3.63. The van der Waals surface area contributed by atoms with Gasteiger partial charge in [0.25, 0.3) is 5.91 Å². The van der Waals surface area contributed by atoms with E-state index in [0.717, 1.165) is 35.0 Å². The Morgan fingerprint density at radius 1 is 1.25 bits per heavy atom. The van der Waals surface area contributed by atoms with E-state index >= 15 is 0 Å². The number of nitrogens with zero attached hydrogens (tertiary/aromatic N) is 1. The number of carbonyl (C=O) groups excluding carboxylic acids is 2. The van der Waals surface area contributed by atoms with Gasteiger partial charge in [0.2, 0.25) is 0 Å². The highest BCUT2D eigenvalue weighted by Gasteiger charge is 2.26. The van der Waals surface area contributed by atoms with Gasteiger partial charge in [-0.1, -0.05) is 48.5 Å². The Hall–Kier alpha value is -3.05. The molecule has 0 radical (unpaired) electrons. The van der Waals surface area contributed by atoms with Crippen molar-refractivity contribution in [3.05, 3.63) is 59.7 Å². The molecular formula is C25H29N3O4. The van der Waals surface area contributed by atoms with Gasteiger partial charge in [0, 0.05) is 33.0 Å². The number of carbonyl (C=O) groups is 2. The Balaban J connectivity index is 1.58. The maximum Gasteiger partial charge on any atom is 0.251 e. The van der Waals surface area contributed by atoms with E-state index in [1.165, 1.54) is 0 Å². The second kappa shape index (κ2) is 12.1. The molecule has 2 aromatic rings. The quantitative estimate of drug-likeness (QED) is 0.585. The number of hydrogen-bond acceptors (Lipinski definition) is 6. The van der Waals surface area contributed by atoms with Gasteiger partial charge in [0.05, 0.1) is 18.8 Å². The van der Waals surface area contributed by atoms with Gasteiger partial charge in [-0.25, -0.2) is 0 Å². The van der Waals surface area contributed by atoms with Crippen molar-refractivity contribution in [1.82, 2.24) is 10.6 Å². The molecule has 0 spiro atoms. The first kappa shape index (κ1) is 23.6. The molecule has 3 rings (SSSR count). The molecule has 1 saturated heterocycles. The average Bonchev–Trinajstić information content (AvgIpc) is 3.09. The molecule has 1 aliphatic heterocycles. The molecule has 0 aliphatic carbocycles. The van der Waals surface area contributed by atoms with Crippen molar-refractivity contribution in [2.24, 2.45) is 0 Å². The predicted molar refractivity (Wildman–Crippen MR) is 121 cm³/mol. The summed E-state index contributed by atoms with van der Waals surface area (Å²) in [5, 5.41) is 15.5. The maximum atomic E-state index is 12.6. The third-order valence-corrected chi connectivity index (χ3v) is 5.49. The van der Waals surface area contributed by atoms with Gasteiger partial charge >= 0.3 is 0 Å². The van der Waals surface area contributed by atoms with E-state index in [1.807, 2.05) is 42.5 Å². The minimum Gasteiger partial charge on any atom is -0.378 e. The number of aryl methyl sites for hydroxylation is 1. The van der Waals surface area contributed by atoms with Crippen molar-refractivity contribution in [1.29, 1.82) is 5.26 Å². The molecule has 1 heterocycles. The van der Waals surface area contributed by atoms with Crippen LogP contribution in [0, 0.1) is 11.3 Å². The largest absolute Gasteiger partial charge is 0.378 e. The maximum absolute atomic E-state index is 12.6. The molecule has 7 heteroatoms. The summed E-state index contributed by atoms with van der Waals surface area (Å²) >= 11 is 0. The van der Waals surface area contributed by atoms with Crippen LogP contribution in [0.25, 0.3) is 11.1 Å². The molecular weight excluding hydrogens is 406 g/mol. The Morgan fingerprint density at radius 3 is 2.78 bits per heavy atom. The lowest BCUT2D eigenvalue weighted by molar-refractivity contribution is -0.133. The smallest absolute Gasteiger partial charge is 0.251 e. The number of benzene rings is 2. The van der Waals surface area contributed by atoms with E-state index < -0.39 is 12.1 Å². The van der Waals surface area contributed by atoms with Gasteiger partial charge in [-0.3, -0.25) is 4.79 Å². The molecule has 1 aliphatic rings. The zero-order valence-electron chi connectivity index (χ0n) is 18.3. The zero-order chi connectivity index (χ0) is 22.8. The number of nitriles is 1. The van der Waals surface area contributed by atoms with Gasteiger partial charge < -0.3 is 24.9 Å². The van der Waals surface area contributed by atoms with E-state index in [9.17, 15) is 14.9 Å². The molecule has 0 bridgehead atoms. The van der Waals surface area contributed by atoms with Crippen LogP contribution < -0.4 is 10.6 Å². The first-order valence-corrected chi connectivity index (χ1v) is 10.8. The van der Waals surface area contributed by atoms with Crippen LogP contribution in [0.4, 0.5) is 0 Å². The SMILES string of the molecule is COC1CNC[C@@H](C(=O)N[C@H](C#N)Cc2ccc(-c3cccc(CCC=O)c3)cc2)OC1. The van der Waals surface area contributed by atoms with E-state index in [4.69, 9.17) is 9.47 Å². The fraction of sp³-hybridized carbons (Fsp3) is 0.400. The molecule has 2 N–H and O–H groups in total. The number of hydrogen-bond donors (Lipinski definition) is 2. The summed E-state index contributed by atoms with van der Waals surface area (Å²) < 4.78 is 10.9. The van der Waals surface area contributed by atoms with Crippen molar-refractivity contribution in [3.63, 3.8) is 0 Å². The standard InChI is InChI=1S/C25H29N3O4/c1-31-23-15-27-16-24(32-17-23)25(30)28-22(14-26)13-19-7-9-20(10-8-19)21-6-2-4-18(12-21)5-3-11-29/h2,4,6-12,22-24,27H,3,5,13,15-17H2,1H3,(H,28,30)/t22-,23?,24-/m0/s1. The van der Waals surface area contributed by atoms with Crippen LogP contribution in [-0.4, -0.2) is 57.2 Å². The van der Waals surface area contributed by atoms with E-state index in [2.05, 4.69) is 22.8 Å². The number of methoxy groups -OCH3 is 1.